The highest BCUT2D eigenvalue weighted by Crippen LogP contribution is 2.25. The third-order valence-corrected chi connectivity index (χ3v) is 4.18. The lowest BCUT2D eigenvalue weighted by atomic mass is 10.2. The summed E-state index contributed by atoms with van der Waals surface area (Å²) in [4.78, 5) is 11.7. The average Bonchev–Trinajstić information content (AvgIpc) is 2.40. The van der Waals surface area contributed by atoms with Crippen LogP contribution in [0.4, 0.5) is 4.39 Å². The molecule has 2 aromatic rings. The maximum Gasteiger partial charge on any atom is 0.335 e. The van der Waals surface area contributed by atoms with Crippen molar-refractivity contribution < 1.29 is 14.3 Å². The smallest absolute Gasteiger partial charge is 0.335 e. The van der Waals surface area contributed by atoms with Gasteiger partial charge in [0.15, 0.2) is 0 Å². The fourth-order valence-electron chi connectivity index (χ4n) is 1.49. The maximum atomic E-state index is 13.1. The standard InChI is InChI=1S/C14H10BrFO2S/c15-12-7-9(1-6-13(12)16)8-19-11-4-2-10(3-5-11)14(17)18/h1-7H,8H2,(H,17,18). The molecule has 0 fully saturated rings. The van der Waals surface area contributed by atoms with Crippen molar-refractivity contribution >= 4 is 33.7 Å². The third-order valence-electron chi connectivity index (χ3n) is 2.49. The summed E-state index contributed by atoms with van der Waals surface area (Å²) in [6.45, 7) is 0. The van der Waals surface area contributed by atoms with Crippen LogP contribution in [-0.4, -0.2) is 11.1 Å². The SMILES string of the molecule is O=C(O)c1ccc(SCc2ccc(F)c(Br)c2)cc1. The van der Waals surface area contributed by atoms with E-state index in [9.17, 15) is 9.18 Å². The molecule has 0 aliphatic heterocycles. The van der Waals surface area contributed by atoms with Crippen molar-refractivity contribution in [1.29, 1.82) is 0 Å². The van der Waals surface area contributed by atoms with Crippen molar-refractivity contribution in [3.8, 4) is 0 Å². The number of thioether (sulfide) groups is 1. The summed E-state index contributed by atoms with van der Waals surface area (Å²) in [6, 6.07) is 11.6. The number of carbonyl (C=O) groups is 1. The molecular weight excluding hydrogens is 331 g/mol. The zero-order valence-electron chi connectivity index (χ0n) is 9.77. The van der Waals surface area contributed by atoms with Gasteiger partial charge < -0.3 is 5.11 Å². The molecule has 2 nitrogen and oxygen atoms in total. The monoisotopic (exact) mass is 340 g/mol. The Hall–Kier alpha value is -1.33. The van der Waals surface area contributed by atoms with Crippen molar-refractivity contribution in [2.24, 2.45) is 0 Å². The van der Waals surface area contributed by atoms with Gasteiger partial charge in [-0.05, 0) is 57.9 Å². The molecule has 0 heterocycles. The van der Waals surface area contributed by atoms with E-state index in [0.29, 0.717) is 10.2 Å². The third kappa shape index (κ3) is 3.81. The summed E-state index contributed by atoms with van der Waals surface area (Å²) in [5.41, 5.74) is 1.27. The van der Waals surface area contributed by atoms with Crippen LogP contribution in [0, 0.1) is 5.82 Å². The number of carboxylic acids is 1. The molecule has 0 radical (unpaired) electrons. The van der Waals surface area contributed by atoms with Crippen LogP contribution in [0.25, 0.3) is 0 Å². The average molecular weight is 341 g/mol. The lowest BCUT2D eigenvalue weighted by Crippen LogP contribution is -1.94. The number of rotatable bonds is 4. The van der Waals surface area contributed by atoms with Crippen molar-refractivity contribution in [3.63, 3.8) is 0 Å². The van der Waals surface area contributed by atoms with Gasteiger partial charge in [0.25, 0.3) is 0 Å². The van der Waals surface area contributed by atoms with Gasteiger partial charge in [-0.1, -0.05) is 6.07 Å². The van der Waals surface area contributed by atoms with Crippen LogP contribution in [0.1, 0.15) is 15.9 Å². The largest absolute Gasteiger partial charge is 0.478 e. The van der Waals surface area contributed by atoms with Crippen LogP contribution in [0.15, 0.2) is 51.8 Å². The minimum atomic E-state index is -0.931. The Labute approximate surface area is 122 Å². The molecule has 1 N–H and O–H groups in total. The normalized spacial score (nSPS) is 10.4. The Balaban J connectivity index is 2.01. The molecule has 0 amide bonds. The highest BCUT2D eigenvalue weighted by molar-refractivity contribution is 9.10. The Morgan fingerprint density at radius 3 is 2.47 bits per heavy atom. The summed E-state index contributed by atoms with van der Waals surface area (Å²) in [5, 5.41) is 8.79. The molecule has 0 unspecified atom stereocenters. The molecule has 0 saturated carbocycles. The van der Waals surface area contributed by atoms with Gasteiger partial charge in [-0.3, -0.25) is 0 Å². The first-order valence-corrected chi connectivity index (χ1v) is 7.24. The highest BCUT2D eigenvalue weighted by atomic mass is 79.9. The molecule has 0 aliphatic carbocycles. The van der Waals surface area contributed by atoms with Crippen molar-refractivity contribution in [3.05, 3.63) is 63.9 Å². The van der Waals surface area contributed by atoms with Crippen LogP contribution in [0.2, 0.25) is 0 Å². The summed E-state index contributed by atoms with van der Waals surface area (Å²) >= 11 is 4.72. The van der Waals surface area contributed by atoms with Crippen LogP contribution < -0.4 is 0 Å². The Kier molecular flexibility index (Phi) is 4.61. The molecule has 98 valence electrons. The molecular formula is C14H10BrFO2S. The molecule has 2 aromatic carbocycles. The van der Waals surface area contributed by atoms with Gasteiger partial charge in [0.2, 0.25) is 0 Å². The predicted molar refractivity (Wildman–Crippen MR) is 77.1 cm³/mol. The van der Waals surface area contributed by atoms with Gasteiger partial charge in [-0.15, -0.1) is 11.8 Å². The molecule has 0 saturated heterocycles. The molecule has 5 heteroatoms. The fourth-order valence-corrected chi connectivity index (χ4v) is 2.76. The maximum absolute atomic E-state index is 13.1. The summed E-state index contributed by atoms with van der Waals surface area (Å²) < 4.78 is 13.5. The zero-order valence-corrected chi connectivity index (χ0v) is 12.2. The number of hydrogen-bond acceptors (Lipinski definition) is 2. The van der Waals surface area contributed by atoms with E-state index in [1.807, 2.05) is 0 Å². The minimum Gasteiger partial charge on any atom is -0.478 e. The quantitative estimate of drug-likeness (QED) is 0.827. The van der Waals surface area contributed by atoms with Crippen LogP contribution >= 0.6 is 27.7 Å². The van der Waals surface area contributed by atoms with E-state index >= 15 is 0 Å². The molecule has 0 bridgehead atoms. The van der Waals surface area contributed by atoms with Crippen LogP contribution in [0.5, 0.6) is 0 Å². The Bertz CT molecular complexity index is 599. The summed E-state index contributed by atoms with van der Waals surface area (Å²) in [6.07, 6.45) is 0. The predicted octanol–water partition coefficient (Wildman–Crippen LogP) is 4.58. The Morgan fingerprint density at radius 1 is 1.21 bits per heavy atom. The second kappa shape index (κ2) is 6.21. The van der Waals surface area contributed by atoms with E-state index in [-0.39, 0.29) is 11.4 Å². The van der Waals surface area contributed by atoms with Gasteiger partial charge in [0.05, 0.1) is 10.0 Å². The first kappa shape index (κ1) is 14.1. The van der Waals surface area contributed by atoms with E-state index in [1.54, 1.807) is 48.2 Å². The van der Waals surface area contributed by atoms with E-state index < -0.39 is 5.97 Å². The van der Waals surface area contributed by atoms with Gasteiger partial charge in [-0.25, -0.2) is 9.18 Å². The van der Waals surface area contributed by atoms with Gasteiger partial charge in [-0.2, -0.15) is 0 Å². The first-order chi connectivity index (χ1) is 9.06. The Morgan fingerprint density at radius 2 is 1.89 bits per heavy atom. The molecule has 0 atom stereocenters. The second-order valence-corrected chi connectivity index (χ2v) is 5.77. The highest BCUT2D eigenvalue weighted by Gasteiger charge is 2.04. The lowest BCUT2D eigenvalue weighted by Gasteiger charge is -2.04. The van der Waals surface area contributed by atoms with Gasteiger partial charge >= 0.3 is 5.97 Å². The summed E-state index contributed by atoms with van der Waals surface area (Å²) in [7, 11) is 0. The van der Waals surface area contributed by atoms with Crippen LogP contribution in [-0.2, 0) is 5.75 Å². The topological polar surface area (TPSA) is 37.3 Å². The molecule has 2 rings (SSSR count). The van der Waals surface area contributed by atoms with Gasteiger partial charge in [0, 0.05) is 10.6 Å². The fraction of sp³-hybridized carbons (Fsp3) is 0.0714. The minimum absolute atomic E-state index is 0.272. The van der Waals surface area contributed by atoms with Crippen molar-refractivity contribution in [2.75, 3.05) is 0 Å². The van der Waals surface area contributed by atoms with Gasteiger partial charge in [0.1, 0.15) is 5.82 Å². The van der Waals surface area contributed by atoms with Crippen LogP contribution in [0.3, 0.4) is 0 Å². The zero-order chi connectivity index (χ0) is 13.8. The number of benzene rings is 2. The van der Waals surface area contributed by atoms with E-state index in [1.165, 1.54) is 6.07 Å². The molecule has 0 aromatic heterocycles. The molecule has 0 aliphatic rings. The second-order valence-electron chi connectivity index (χ2n) is 3.87. The lowest BCUT2D eigenvalue weighted by molar-refractivity contribution is 0.0697. The molecule has 19 heavy (non-hydrogen) atoms. The number of aromatic carboxylic acids is 1. The van der Waals surface area contributed by atoms with E-state index in [0.717, 1.165) is 10.5 Å². The first-order valence-electron chi connectivity index (χ1n) is 5.46. The summed E-state index contributed by atoms with van der Waals surface area (Å²) in [5.74, 6) is -0.510. The van der Waals surface area contributed by atoms with E-state index in [2.05, 4.69) is 15.9 Å². The van der Waals surface area contributed by atoms with E-state index in [4.69, 9.17) is 5.11 Å². The molecule has 0 spiro atoms. The van der Waals surface area contributed by atoms with Crippen molar-refractivity contribution in [2.45, 2.75) is 10.6 Å². The van der Waals surface area contributed by atoms with Crippen molar-refractivity contribution in [1.82, 2.24) is 0 Å². The number of halogens is 2. The number of hydrogen-bond donors (Lipinski definition) is 1. The number of carboxylic acid groups (broad SMARTS) is 1.